The zero-order chi connectivity index (χ0) is 32.4. The van der Waals surface area contributed by atoms with Crippen LogP contribution in [0.2, 0.25) is 36.3 Å². The summed E-state index contributed by atoms with van der Waals surface area (Å²) in [5, 5.41) is 0.240. The van der Waals surface area contributed by atoms with Crippen molar-refractivity contribution in [2.45, 2.75) is 168 Å². The summed E-state index contributed by atoms with van der Waals surface area (Å²) in [6, 6.07) is 0. The van der Waals surface area contributed by atoms with Gasteiger partial charge in [0.25, 0.3) is 0 Å². The topological polar surface area (TPSA) is 44.8 Å². The SMILES string of the molecule is C=CCCCC[C@H]1[C@@H](OC(=O)C=C)CC(O[Si](C)(C)C(C)(C)C)[C@@H]1/C=C/[C@H](C[C@@H](C)CCCC)O[Si](C)(C)C(C)(C)C. The highest BCUT2D eigenvalue weighted by molar-refractivity contribution is 6.74. The zero-order valence-electron chi connectivity index (χ0n) is 29.7. The summed E-state index contributed by atoms with van der Waals surface area (Å²) in [4.78, 5) is 12.5. The van der Waals surface area contributed by atoms with E-state index in [1.54, 1.807) is 0 Å². The average molecular weight is 621 g/mol. The van der Waals surface area contributed by atoms with Crippen LogP contribution in [0.4, 0.5) is 0 Å². The largest absolute Gasteiger partial charge is 0.459 e. The predicted molar refractivity (Wildman–Crippen MR) is 187 cm³/mol. The van der Waals surface area contributed by atoms with Crippen molar-refractivity contribution in [1.82, 2.24) is 0 Å². The van der Waals surface area contributed by atoms with Crippen LogP contribution in [0.15, 0.2) is 37.5 Å². The van der Waals surface area contributed by atoms with Crippen molar-refractivity contribution in [2.75, 3.05) is 0 Å². The van der Waals surface area contributed by atoms with E-state index in [1.165, 1.54) is 25.3 Å². The van der Waals surface area contributed by atoms with Crippen LogP contribution in [-0.2, 0) is 18.4 Å². The molecule has 0 aromatic rings. The second kappa shape index (κ2) is 16.9. The van der Waals surface area contributed by atoms with Crippen molar-refractivity contribution in [3.8, 4) is 0 Å². The molecule has 0 amide bonds. The van der Waals surface area contributed by atoms with Crippen molar-refractivity contribution in [2.24, 2.45) is 17.8 Å². The molecule has 0 bridgehead atoms. The molecule has 1 saturated carbocycles. The van der Waals surface area contributed by atoms with E-state index in [2.05, 4.69) is 107 Å². The molecule has 4 nitrogen and oxygen atoms in total. The molecule has 6 heteroatoms. The highest BCUT2D eigenvalue weighted by Crippen LogP contribution is 2.46. The maximum atomic E-state index is 12.5. The molecule has 0 spiro atoms. The lowest BCUT2D eigenvalue weighted by Crippen LogP contribution is -2.45. The molecule has 1 aliphatic rings. The van der Waals surface area contributed by atoms with Gasteiger partial charge in [0.1, 0.15) is 6.10 Å². The normalized spacial score (nSPS) is 23.6. The van der Waals surface area contributed by atoms with E-state index in [0.717, 1.165) is 38.5 Å². The van der Waals surface area contributed by atoms with E-state index in [9.17, 15) is 4.79 Å². The highest BCUT2D eigenvalue weighted by atomic mass is 28.4. The Morgan fingerprint density at radius 1 is 0.952 bits per heavy atom. The zero-order valence-corrected chi connectivity index (χ0v) is 31.7. The van der Waals surface area contributed by atoms with Gasteiger partial charge >= 0.3 is 5.97 Å². The van der Waals surface area contributed by atoms with Crippen LogP contribution in [0, 0.1) is 17.8 Å². The van der Waals surface area contributed by atoms with Crippen molar-refractivity contribution in [3.05, 3.63) is 37.5 Å². The Morgan fingerprint density at radius 3 is 2.10 bits per heavy atom. The summed E-state index contributed by atoms with van der Waals surface area (Å²) in [7, 11) is -4.03. The molecule has 244 valence electrons. The first-order valence-electron chi connectivity index (χ1n) is 16.8. The summed E-state index contributed by atoms with van der Waals surface area (Å²) in [6.45, 7) is 35.4. The number of allylic oxidation sites excluding steroid dienone is 1. The van der Waals surface area contributed by atoms with Gasteiger partial charge in [-0.25, -0.2) is 4.79 Å². The molecular weight excluding hydrogens is 553 g/mol. The van der Waals surface area contributed by atoms with Crippen LogP contribution in [0.1, 0.15) is 113 Å². The predicted octanol–water partition coefficient (Wildman–Crippen LogP) is 11.0. The number of hydrogen-bond acceptors (Lipinski definition) is 4. The molecule has 1 rings (SSSR count). The second-order valence-corrected chi connectivity index (χ2v) is 25.4. The second-order valence-electron chi connectivity index (χ2n) is 15.9. The van der Waals surface area contributed by atoms with E-state index in [1.807, 2.05) is 6.08 Å². The molecule has 0 aromatic heterocycles. The number of unbranched alkanes of at least 4 members (excludes halogenated alkanes) is 3. The lowest BCUT2D eigenvalue weighted by molar-refractivity contribution is -0.145. The molecule has 0 aromatic carbocycles. The van der Waals surface area contributed by atoms with E-state index in [4.69, 9.17) is 13.6 Å². The summed E-state index contributed by atoms with van der Waals surface area (Å²) in [5.41, 5.74) is 0. The monoisotopic (exact) mass is 620 g/mol. The summed E-state index contributed by atoms with van der Waals surface area (Å²) in [5.74, 6) is 0.636. The molecule has 42 heavy (non-hydrogen) atoms. The minimum Gasteiger partial charge on any atom is -0.459 e. The van der Waals surface area contributed by atoms with E-state index in [0.29, 0.717) is 5.92 Å². The van der Waals surface area contributed by atoms with Gasteiger partial charge in [-0.05, 0) is 67.9 Å². The minimum absolute atomic E-state index is 0.0141. The standard InChI is InChI=1S/C36H68O4Si2/c1-15-18-20-21-23-30-31(33(27-32(30)38-34(37)17-3)40-42(13,14)36(8,9)10)25-24-29(26-28(4)22-19-16-2)39-41(11,12)35(5,6)7/h15,17,24-25,28-33H,1,3,16,18-23,26-27H2,2,4-14H3/b25-24+/t28-,29+,30+,31+,32-,33?/m0/s1. The average Bonchev–Trinajstić information content (AvgIpc) is 3.16. The Labute approximate surface area is 263 Å². The molecule has 0 N–H and O–H groups in total. The lowest BCUT2D eigenvalue weighted by atomic mass is 9.87. The third-order valence-electron chi connectivity index (χ3n) is 10.2. The Hall–Kier alpha value is -0.956. The number of rotatable bonds is 18. The molecule has 1 unspecified atom stereocenters. The van der Waals surface area contributed by atoms with Crippen LogP contribution in [0.25, 0.3) is 0 Å². The summed E-state index contributed by atoms with van der Waals surface area (Å²) in [6.07, 6.45) is 17.6. The molecule has 1 aliphatic carbocycles. The van der Waals surface area contributed by atoms with E-state index >= 15 is 0 Å². The lowest BCUT2D eigenvalue weighted by Gasteiger charge is -2.40. The molecule has 0 heterocycles. The first-order chi connectivity index (χ1) is 19.3. The van der Waals surface area contributed by atoms with Gasteiger partial charge in [0.05, 0.1) is 12.2 Å². The van der Waals surface area contributed by atoms with Gasteiger partial charge in [-0.1, -0.05) is 106 Å². The van der Waals surface area contributed by atoms with Gasteiger partial charge in [0.2, 0.25) is 0 Å². The number of esters is 1. The number of hydrogen-bond donors (Lipinski definition) is 0. The summed E-state index contributed by atoms with van der Waals surface area (Å²) < 4.78 is 20.2. The molecule has 0 saturated heterocycles. The van der Waals surface area contributed by atoms with Gasteiger partial charge in [-0.3, -0.25) is 0 Å². The fourth-order valence-electron chi connectivity index (χ4n) is 5.45. The van der Waals surface area contributed by atoms with Gasteiger partial charge in [0, 0.05) is 24.3 Å². The fourth-order valence-corrected chi connectivity index (χ4v) is 8.10. The maximum Gasteiger partial charge on any atom is 0.330 e. The minimum atomic E-state index is -2.06. The molecular formula is C36H68O4Si2. The molecule has 1 fully saturated rings. The first-order valence-corrected chi connectivity index (χ1v) is 22.6. The molecule has 6 atom stereocenters. The Bertz CT molecular complexity index is 865. The molecule has 0 radical (unpaired) electrons. The summed E-state index contributed by atoms with van der Waals surface area (Å²) >= 11 is 0. The molecule has 0 aliphatic heterocycles. The third kappa shape index (κ3) is 12.2. The van der Waals surface area contributed by atoms with Crippen molar-refractivity contribution < 1.29 is 18.4 Å². The maximum absolute atomic E-state index is 12.5. The van der Waals surface area contributed by atoms with Gasteiger partial charge in [-0.2, -0.15) is 0 Å². The van der Waals surface area contributed by atoms with E-state index in [-0.39, 0.29) is 46.2 Å². The third-order valence-corrected chi connectivity index (χ3v) is 19.2. The van der Waals surface area contributed by atoms with Crippen molar-refractivity contribution in [1.29, 1.82) is 0 Å². The van der Waals surface area contributed by atoms with Crippen molar-refractivity contribution in [3.63, 3.8) is 0 Å². The van der Waals surface area contributed by atoms with Gasteiger partial charge < -0.3 is 13.6 Å². The van der Waals surface area contributed by atoms with Crippen LogP contribution < -0.4 is 0 Å². The number of ether oxygens (including phenoxy) is 1. The Morgan fingerprint density at radius 2 is 1.57 bits per heavy atom. The smallest absolute Gasteiger partial charge is 0.330 e. The highest BCUT2D eigenvalue weighted by Gasteiger charge is 2.49. The van der Waals surface area contributed by atoms with E-state index < -0.39 is 16.6 Å². The van der Waals surface area contributed by atoms with Gasteiger partial charge in [-0.15, -0.1) is 6.58 Å². The Kier molecular flexibility index (Phi) is 15.7. The van der Waals surface area contributed by atoms with Crippen LogP contribution in [-0.4, -0.2) is 40.9 Å². The number of carbonyl (C=O) groups excluding carboxylic acids is 1. The van der Waals surface area contributed by atoms with Gasteiger partial charge in [0.15, 0.2) is 16.6 Å². The van der Waals surface area contributed by atoms with Crippen LogP contribution in [0.5, 0.6) is 0 Å². The number of carbonyl (C=O) groups is 1. The quantitative estimate of drug-likeness (QED) is 0.0503. The first kappa shape index (κ1) is 39.1. The van der Waals surface area contributed by atoms with Crippen LogP contribution >= 0.6 is 0 Å². The Balaban J connectivity index is 3.51. The van der Waals surface area contributed by atoms with Crippen molar-refractivity contribution >= 4 is 22.6 Å². The van der Waals surface area contributed by atoms with Crippen LogP contribution in [0.3, 0.4) is 0 Å². The fraction of sp³-hybridized carbons (Fsp3) is 0.806.